The van der Waals surface area contributed by atoms with Gasteiger partial charge in [0.2, 0.25) is 0 Å². The third-order valence-electron chi connectivity index (χ3n) is 3.03. The van der Waals surface area contributed by atoms with Gasteiger partial charge in [0.15, 0.2) is 0 Å². The molecule has 0 aliphatic heterocycles. The van der Waals surface area contributed by atoms with Gasteiger partial charge in [-0.25, -0.2) is 4.79 Å². The third-order valence-corrected chi connectivity index (χ3v) is 3.27. The Labute approximate surface area is 129 Å². The van der Waals surface area contributed by atoms with Crippen molar-refractivity contribution >= 4 is 39.9 Å². The molecule has 1 N–H and O–H groups in total. The molecule has 0 radical (unpaired) electrons. The van der Waals surface area contributed by atoms with E-state index < -0.39 is 11.0 Å². The maximum Gasteiger partial charge on any atom is 0.347 e. The van der Waals surface area contributed by atoms with Crippen LogP contribution >= 0.6 is 11.6 Å². The Kier molecular flexibility index (Phi) is 3.48. The first-order valence-electron chi connectivity index (χ1n) is 6.24. The maximum absolute atomic E-state index is 12.3. The van der Waals surface area contributed by atoms with E-state index in [0.29, 0.717) is 21.6 Å². The van der Waals surface area contributed by atoms with Crippen LogP contribution < -0.4 is 5.32 Å². The zero-order valence-electron chi connectivity index (χ0n) is 11.1. The molecule has 0 fully saturated rings. The summed E-state index contributed by atoms with van der Waals surface area (Å²) < 4.78 is 1.07. The highest BCUT2D eigenvalue weighted by Gasteiger charge is 2.14. The minimum atomic E-state index is -0.530. The van der Waals surface area contributed by atoms with Gasteiger partial charge in [-0.2, -0.15) is 9.78 Å². The third kappa shape index (κ3) is 2.61. The molecular weight excluding hydrogens is 308 g/mol. The standard InChI is InChI=1S/C14H9ClN4O3/c15-10-2-1-3-11(6-10)17-14(20)18-13-7-12(19(21)22)5-4-9(13)8-16-18/h1-8H,(H,17,20). The number of non-ortho nitro benzene ring substituents is 1. The van der Waals surface area contributed by atoms with Gasteiger partial charge in [0.1, 0.15) is 0 Å². The van der Waals surface area contributed by atoms with Crippen LogP contribution in [0.15, 0.2) is 48.7 Å². The molecule has 0 saturated heterocycles. The van der Waals surface area contributed by atoms with Crippen molar-refractivity contribution in [3.05, 3.63) is 63.8 Å². The van der Waals surface area contributed by atoms with E-state index in [-0.39, 0.29) is 5.69 Å². The summed E-state index contributed by atoms with van der Waals surface area (Å²) >= 11 is 5.86. The summed E-state index contributed by atoms with van der Waals surface area (Å²) in [6.45, 7) is 0. The molecule has 0 spiro atoms. The van der Waals surface area contributed by atoms with Crippen LogP contribution in [0.5, 0.6) is 0 Å². The van der Waals surface area contributed by atoms with Gasteiger partial charge in [0, 0.05) is 28.2 Å². The van der Waals surface area contributed by atoms with Crippen molar-refractivity contribution in [2.75, 3.05) is 5.32 Å². The summed E-state index contributed by atoms with van der Waals surface area (Å²) in [6.07, 6.45) is 1.47. The average Bonchev–Trinajstić information content (AvgIpc) is 2.90. The van der Waals surface area contributed by atoms with Crippen molar-refractivity contribution in [2.24, 2.45) is 0 Å². The molecule has 0 unspecified atom stereocenters. The zero-order chi connectivity index (χ0) is 15.7. The molecule has 110 valence electrons. The summed E-state index contributed by atoms with van der Waals surface area (Å²) in [7, 11) is 0. The molecule has 3 rings (SSSR count). The van der Waals surface area contributed by atoms with E-state index in [9.17, 15) is 14.9 Å². The second-order valence-corrected chi connectivity index (χ2v) is 4.93. The van der Waals surface area contributed by atoms with E-state index in [4.69, 9.17) is 11.6 Å². The van der Waals surface area contributed by atoms with Crippen LogP contribution in [0, 0.1) is 10.1 Å². The van der Waals surface area contributed by atoms with Crippen LogP contribution in [0.25, 0.3) is 10.9 Å². The Morgan fingerprint density at radius 3 is 2.82 bits per heavy atom. The lowest BCUT2D eigenvalue weighted by atomic mass is 10.2. The summed E-state index contributed by atoms with van der Waals surface area (Å²) in [4.78, 5) is 22.6. The second kappa shape index (κ2) is 5.45. The fraction of sp³-hybridized carbons (Fsp3) is 0. The minimum Gasteiger partial charge on any atom is -0.306 e. The fourth-order valence-electron chi connectivity index (χ4n) is 2.02. The van der Waals surface area contributed by atoms with Gasteiger partial charge in [-0.15, -0.1) is 0 Å². The number of hydrogen-bond donors (Lipinski definition) is 1. The van der Waals surface area contributed by atoms with Crippen molar-refractivity contribution in [3.8, 4) is 0 Å². The molecule has 2 aromatic carbocycles. The number of rotatable bonds is 2. The first kappa shape index (κ1) is 14.0. The fourth-order valence-corrected chi connectivity index (χ4v) is 2.22. The van der Waals surface area contributed by atoms with E-state index in [1.807, 2.05) is 0 Å². The van der Waals surface area contributed by atoms with Gasteiger partial charge in [0.05, 0.1) is 16.6 Å². The van der Waals surface area contributed by atoms with Crippen LogP contribution in [0.4, 0.5) is 16.2 Å². The molecular formula is C14H9ClN4O3. The number of nitro benzene ring substituents is 1. The summed E-state index contributed by atoms with van der Waals surface area (Å²) in [5, 5.41) is 18.5. The Morgan fingerprint density at radius 1 is 1.27 bits per heavy atom. The number of fused-ring (bicyclic) bond motifs is 1. The Hall–Kier alpha value is -2.93. The Bertz CT molecular complexity index is 891. The van der Waals surface area contributed by atoms with Crippen LogP contribution in [-0.4, -0.2) is 20.7 Å². The van der Waals surface area contributed by atoms with Crippen molar-refractivity contribution in [1.82, 2.24) is 9.78 Å². The number of anilines is 1. The SMILES string of the molecule is O=C(Nc1cccc(Cl)c1)n1ncc2ccc([N+](=O)[O-])cc21. The van der Waals surface area contributed by atoms with Crippen molar-refractivity contribution in [3.63, 3.8) is 0 Å². The number of nitrogens with one attached hydrogen (secondary N) is 1. The second-order valence-electron chi connectivity index (χ2n) is 4.50. The van der Waals surface area contributed by atoms with E-state index in [1.54, 1.807) is 30.3 Å². The number of aromatic nitrogens is 2. The Balaban J connectivity index is 1.97. The van der Waals surface area contributed by atoms with Crippen LogP contribution in [0.2, 0.25) is 5.02 Å². The van der Waals surface area contributed by atoms with E-state index in [2.05, 4.69) is 10.4 Å². The van der Waals surface area contributed by atoms with Gasteiger partial charge in [-0.1, -0.05) is 17.7 Å². The highest BCUT2D eigenvalue weighted by molar-refractivity contribution is 6.30. The molecule has 8 heteroatoms. The number of benzene rings is 2. The normalized spacial score (nSPS) is 10.6. The average molecular weight is 317 g/mol. The van der Waals surface area contributed by atoms with Crippen LogP contribution in [0.3, 0.4) is 0 Å². The largest absolute Gasteiger partial charge is 0.347 e. The molecule has 0 atom stereocenters. The number of halogens is 1. The molecule has 0 aliphatic carbocycles. The van der Waals surface area contributed by atoms with Gasteiger partial charge in [0.25, 0.3) is 5.69 Å². The number of nitro groups is 1. The number of carbonyl (C=O) groups is 1. The van der Waals surface area contributed by atoms with E-state index in [0.717, 1.165) is 4.68 Å². The lowest BCUT2D eigenvalue weighted by Gasteiger charge is -2.06. The molecule has 1 amide bonds. The zero-order valence-corrected chi connectivity index (χ0v) is 11.8. The van der Waals surface area contributed by atoms with Crippen molar-refractivity contribution in [2.45, 2.75) is 0 Å². The predicted octanol–water partition coefficient (Wildman–Crippen LogP) is 3.68. The van der Waals surface area contributed by atoms with Gasteiger partial charge in [-0.05, 0) is 24.3 Å². The smallest absolute Gasteiger partial charge is 0.306 e. The molecule has 1 aromatic heterocycles. The van der Waals surface area contributed by atoms with Crippen LogP contribution in [0.1, 0.15) is 0 Å². The van der Waals surface area contributed by atoms with Gasteiger partial charge >= 0.3 is 6.03 Å². The number of carbonyl (C=O) groups excluding carboxylic acids is 1. The quantitative estimate of drug-likeness (QED) is 0.576. The summed E-state index contributed by atoms with van der Waals surface area (Å²) in [6, 6.07) is 10.3. The van der Waals surface area contributed by atoms with E-state index >= 15 is 0 Å². The topological polar surface area (TPSA) is 90.1 Å². The number of amides is 1. The van der Waals surface area contributed by atoms with E-state index in [1.165, 1.54) is 18.3 Å². The minimum absolute atomic E-state index is 0.107. The summed E-state index contributed by atoms with van der Waals surface area (Å²) in [5.74, 6) is 0. The van der Waals surface area contributed by atoms with Gasteiger partial charge < -0.3 is 5.32 Å². The van der Waals surface area contributed by atoms with Gasteiger partial charge in [-0.3, -0.25) is 10.1 Å². The first-order valence-corrected chi connectivity index (χ1v) is 6.61. The van der Waals surface area contributed by atoms with Crippen molar-refractivity contribution < 1.29 is 9.72 Å². The molecule has 3 aromatic rings. The molecule has 22 heavy (non-hydrogen) atoms. The molecule has 1 heterocycles. The molecule has 0 saturated carbocycles. The first-order chi connectivity index (χ1) is 10.5. The highest BCUT2D eigenvalue weighted by Crippen LogP contribution is 2.21. The Morgan fingerprint density at radius 2 is 2.09 bits per heavy atom. The lowest BCUT2D eigenvalue weighted by Crippen LogP contribution is -2.20. The predicted molar refractivity (Wildman–Crippen MR) is 82.3 cm³/mol. The molecule has 7 nitrogen and oxygen atoms in total. The lowest BCUT2D eigenvalue weighted by molar-refractivity contribution is -0.384. The molecule has 0 aliphatic rings. The maximum atomic E-state index is 12.3. The summed E-state index contributed by atoms with van der Waals surface area (Å²) in [5.41, 5.74) is 0.755. The van der Waals surface area contributed by atoms with Crippen LogP contribution in [-0.2, 0) is 0 Å². The van der Waals surface area contributed by atoms with Crippen molar-refractivity contribution in [1.29, 1.82) is 0 Å². The number of hydrogen-bond acceptors (Lipinski definition) is 4. The number of nitrogens with zero attached hydrogens (tertiary/aromatic N) is 3. The monoisotopic (exact) mass is 316 g/mol. The molecule has 0 bridgehead atoms. The highest BCUT2D eigenvalue weighted by atomic mass is 35.5.